The molecule has 0 fully saturated rings. The fraction of sp³-hybridized carbons (Fsp3) is 0.350. The smallest absolute Gasteiger partial charge is 0.276 e. The molecule has 0 radical (unpaired) electrons. The van der Waals surface area contributed by atoms with E-state index in [1.54, 1.807) is 26.8 Å². The Morgan fingerprint density at radius 2 is 1.88 bits per heavy atom. The summed E-state index contributed by atoms with van der Waals surface area (Å²) in [4.78, 5) is 12.2. The molecule has 1 aromatic carbocycles. The summed E-state index contributed by atoms with van der Waals surface area (Å²) in [6.45, 7) is 5.15. The van der Waals surface area contributed by atoms with Gasteiger partial charge in [0.2, 0.25) is 5.78 Å². The molecule has 0 spiro atoms. The van der Waals surface area contributed by atoms with Crippen molar-refractivity contribution in [2.45, 2.75) is 45.0 Å². The summed E-state index contributed by atoms with van der Waals surface area (Å²) >= 11 is 0. The Morgan fingerprint density at radius 3 is 2.62 bits per heavy atom. The predicted molar refractivity (Wildman–Crippen MR) is 91.6 cm³/mol. The number of aliphatic hydroxyl groups excluding tert-OH is 1. The van der Waals surface area contributed by atoms with E-state index in [-0.39, 0.29) is 17.3 Å². The molecule has 0 unspecified atom stereocenters. The maximum absolute atomic E-state index is 12.2. The highest BCUT2D eigenvalue weighted by Crippen LogP contribution is 2.61. The lowest BCUT2D eigenvalue weighted by Gasteiger charge is -2.45. The lowest BCUT2D eigenvalue weighted by Crippen LogP contribution is -2.57. The third-order valence-electron chi connectivity index (χ3n) is 5.83. The number of ketones is 1. The molecule has 6 nitrogen and oxygen atoms in total. The number of rotatable bonds is 0. The SMILES string of the molecule is Cc1c(O)cc2c3c1OC(C)(C)[C@@]1(O)OC4=CC(=O)C(O)=C(CC2)C4=C31. The molecule has 1 atom stereocenters. The monoisotopic (exact) mass is 354 g/mol. The van der Waals surface area contributed by atoms with E-state index >= 15 is 0 Å². The quantitative estimate of drug-likeness (QED) is 0.663. The molecule has 0 aromatic heterocycles. The first-order valence-electron chi connectivity index (χ1n) is 8.55. The summed E-state index contributed by atoms with van der Waals surface area (Å²) in [5, 5.41) is 32.2. The first kappa shape index (κ1) is 15.5. The molecule has 1 aromatic rings. The number of aliphatic hydroxyl groups is 2. The Morgan fingerprint density at radius 1 is 1.15 bits per heavy atom. The van der Waals surface area contributed by atoms with E-state index in [1.165, 1.54) is 6.08 Å². The molecule has 5 rings (SSSR count). The number of hydrogen-bond acceptors (Lipinski definition) is 6. The fourth-order valence-corrected chi connectivity index (χ4v) is 4.35. The van der Waals surface area contributed by atoms with Crippen LogP contribution in [0.1, 0.15) is 37.0 Å². The largest absolute Gasteiger partial charge is 0.508 e. The summed E-state index contributed by atoms with van der Waals surface area (Å²) < 4.78 is 12.0. The van der Waals surface area contributed by atoms with Gasteiger partial charge in [-0.05, 0) is 45.2 Å². The summed E-state index contributed by atoms with van der Waals surface area (Å²) in [7, 11) is 0. The van der Waals surface area contributed by atoms with Gasteiger partial charge in [0.1, 0.15) is 17.3 Å². The van der Waals surface area contributed by atoms with E-state index in [1.807, 2.05) is 0 Å². The zero-order chi connectivity index (χ0) is 18.6. The minimum atomic E-state index is -1.81. The van der Waals surface area contributed by atoms with E-state index in [9.17, 15) is 20.1 Å². The van der Waals surface area contributed by atoms with Gasteiger partial charge in [-0.15, -0.1) is 0 Å². The van der Waals surface area contributed by atoms with Crippen molar-refractivity contribution in [2.24, 2.45) is 0 Å². The summed E-state index contributed by atoms with van der Waals surface area (Å²) in [6.07, 6.45) is 2.09. The van der Waals surface area contributed by atoms with E-state index in [2.05, 4.69) is 0 Å². The number of ether oxygens (including phenoxy) is 2. The van der Waals surface area contributed by atoms with E-state index in [0.29, 0.717) is 46.4 Å². The predicted octanol–water partition coefficient (Wildman–Crippen LogP) is 2.57. The van der Waals surface area contributed by atoms with Crippen molar-refractivity contribution in [3.63, 3.8) is 0 Å². The standard InChI is InChI=1S/C20H18O6/c1-8-11(21)6-9-4-5-10-15-13(7-12(22)17(10)23)25-20(24)16(15)14(9)18(8)26-19(20,2)3/h6-7,21,23-24H,4-5H2,1-3H3/t20-/m0/s1. The number of carbonyl (C=O) groups is 1. The van der Waals surface area contributed by atoms with Crippen LogP contribution in [-0.4, -0.2) is 32.5 Å². The molecule has 6 heteroatoms. The average Bonchev–Trinajstić information content (AvgIpc) is 2.75. The number of phenols is 1. The molecular weight excluding hydrogens is 336 g/mol. The second-order valence-electron chi connectivity index (χ2n) is 7.69. The van der Waals surface area contributed by atoms with Crippen molar-refractivity contribution < 1.29 is 29.6 Å². The number of aryl methyl sites for hydroxylation is 1. The van der Waals surface area contributed by atoms with E-state index in [0.717, 1.165) is 5.56 Å². The number of benzene rings is 1. The fourth-order valence-electron chi connectivity index (χ4n) is 4.35. The molecule has 26 heavy (non-hydrogen) atoms. The average molecular weight is 354 g/mol. The van der Waals surface area contributed by atoms with Gasteiger partial charge < -0.3 is 24.8 Å². The highest BCUT2D eigenvalue weighted by atomic mass is 16.7. The second kappa shape index (κ2) is 4.32. The molecule has 3 N–H and O–H groups in total. The van der Waals surface area contributed by atoms with Crippen molar-refractivity contribution >= 4 is 11.4 Å². The Bertz CT molecular complexity index is 1020. The Hall–Kier alpha value is -2.73. The van der Waals surface area contributed by atoms with Crippen molar-refractivity contribution in [3.05, 3.63) is 51.5 Å². The molecule has 134 valence electrons. The van der Waals surface area contributed by atoms with Crippen LogP contribution in [0.4, 0.5) is 0 Å². The second-order valence-corrected chi connectivity index (χ2v) is 7.69. The van der Waals surface area contributed by atoms with Gasteiger partial charge in [0, 0.05) is 33.9 Å². The van der Waals surface area contributed by atoms with Crippen LogP contribution in [0.5, 0.6) is 11.5 Å². The van der Waals surface area contributed by atoms with Crippen LogP contribution >= 0.6 is 0 Å². The number of aromatic hydroxyl groups is 1. The molecule has 2 aliphatic heterocycles. The molecule has 0 amide bonds. The van der Waals surface area contributed by atoms with Gasteiger partial charge in [-0.2, -0.15) is 0 Å². The topological polar surface area (TPSA) is 96.2 Å². The Labute approximate surface area is 149 Å². The van der Waals surface area contributed by atoms with E-state index < -0.39 is 17.2 Å². The number of allylic oxidation sites excluding steroid dienone is 2. The Balaban J connectivity index is 1.98. The first-order chi connectivity index (χ1) is 12.2. The zero-order valence-electron chi connectivity index (χ0n) is 14.6. The van der Waals surface area contributed by atoms with Gasteiger partial charge in [0.15, 0.2) is 11.4 Å². The van der Waals surface area contributed by atoms with Crippen molar-refractivity contribution in [2.75, 3.05) is 0 Å². The maximum atomic E-state index is 12.2. The lowest BCUT2D eigenvalue weighted by molar-refractivity contribution is -0.217. The highest BCUT2D eigenvalue weighted by molar-refractivity contribution is 6.08. The van der Waals surface area contributed by atoms with Crippen LogP contribution < -0.4 is 4.74 Å². The summed E-state index contributed by atoms with van der Waals surface area (Å²) in [6, 6.07) is 1.66. The van der Waals surface area contributed by atoms with Crippen LogP contribution in [0.25, 0.3) is 5.57 Å². The zero-order valence-corrected chi connectivity index (χ0v) is 14.6. The van der Waals surface area contributed by atoms with Crippen LogP contribution in [-0.2, 0) is 16.0 Å². The molecule has 2 heterocycles. The summed E-state index contributed by atoms with van der Waals surface area (Å²) in [5.41, 5.74) is 2.39. The van der Waals surface area contributed by atoms with Crippen LogP contribution in [0.2, 0.25) is 0 Å². The van der Waals surface area contributed by atoms with Gasteiger partial charge >= 0.3 is 0 Å². The summed E-state index contributed by atoms with van der Waals surface area (Å²) in [5.74, 6) is -1.79. The number of carbonyl (C=O) groups excluding carboxylic acids is 1. The molecule has 2 aliphatic carbocycles. The van der Waals surface area contributed by atoms with Gasteiger partial charge in [-0.25, -0.2) is 0 Å². The van der Waals surface area contributed by atoms with Gasteiger partial charge in [-0.1, -0.05) is 0 Å². The van der Waals surface area contributed by atoms with Gasteiger partial charge in [0.25, 0.3) is 5.79 Å². The molecule has 0 saturated heterocycles. The van der Waals surface area contributed by atoms with Gasteiger partial charge in [0.05, 0.1) is 0 Å². The molecule has 4 aliphatic rings. The third kappa shape index (κ3) is 1.54. The lowest BCUT2D eigenvalue weighted by atomic mass is 9.78. The van der Waals surface area contributed by atoms with E-state index in [4.69, 9.17) is 9.47 Å². The molecule has 0 saturated carbocycles. The normalized spacial score (nSPS) is 27.5. The molecular formula is C20H18O6. The minimum Gasteiger partial charge on any atom is -0.508 e. The maximum Gasteiger partial charge on any atom is 0.276 e. The van der Waals surface area contributed by atoms with Gasteiger partial charge in [-0.3, -0.25) is 4.79 Å². The minimum absolute atomic E-state index is 0.111. The van der Waals surface area contributed by atoms with Crippen molar-refractivity contribution in [1.82, 2.24) is 0 Å². The van der Waals surface area contributed by atoms with Crippen LogP contribution in [0.3, 0.4) is 0 Å². The number of hydrogen-bond donors (Lipinski definition) is 3. The van der Waals surface area contributed by atoms with Crippen molar-refractivity contribution in [1.29, 1.82) is 0 Å². The van der Waals surface area contributed by atoms with Crippen LogP contribution in [0, 0.1) is 6.92 Å². The van der Waals surface area contributed by atoms with Crippen molar-refractivity contribution in [3.8, 4) is 11.5 Å². The number of phenolic OH excluding ortho intramolecular Hbond substituents is 1. The Kier molecular flexibility index (Phi) is 2.58. The first-order valence-corrected chi connectivity index (χ1v) is 8.55. The van der Waals surface area contributed by atoms with Crippen LogP contribution in [0.15, 0.2) is 34.8 Å². The highest BCUT2D eigenvalue weighted by Gasteiger charge is 2.62. The molecule has 0 bridgehead atoms. The third-order valence-corrected chi connectivity index (χ3v) is 5.83.